The molecule has 0 N–H and O–H groups in total. The molecule has 0 atom stereocenters. The van der Waals surface area contributed by atoms with Crippen molar-refractivity contribution < 1.29 is 17.6 Å². The Hall–Kier alpha value is -1.84. The van der Waals surface area contributed by atoms with Gasteiger partial charge in [0, 0.05) is 17.7 Å². The zero-order valence-electron chi connectivity index (χ0n) is 11.4. The summed E-state index contributed by atoms with van der Waals surface area (Å²) in [5, 5.41) is 0. The molecule has 2 rings (SSSR count). The maximum absolute atomic E-state index is 13.9. The molecule has 0 aliphatic heterocycles. The Bertz CT molecular complexity index is 631. The van der Waals surface area contributed by atoms with Crippen molar-refractivity contribution in [2.45, 2.75) is 26.2 Å². The van der Waals surface area contributed by atoms with Crippen molar-refractivity contribution in [3.8, 4) is 11.1 Å². The number of halogens is 4. The predicted molar refractivity (Wildman–Crippen MR) is 70.4 cm³/mol. The Morgan fingerprint density at radius 2 is 1.30 bits per heavy atom. The van der Waals surface area contributed by atoms with Gasteiger partial charge in [0.05, 0.1) is 5.56 Å². The molecule has 0 bridgehead atoms. The third-order valence-electron chi connectivity index (χ3n) is 3.11. The number of rotatable bonds is 1. The van der Waals surface area contributed by atoms with E-state index < -0.39 is 28.8 Å². The fourth-order valence-electron chi connectivity index (χ4n) is 1.98. The van der Waals surface area contributed by atoms with E-state index in [1.165, 1.54) is 6.07 Å². The number of hydrogen-bond donors (Lipinski definition) is 0. The van der Waals surface area contributed by atoms with Gasteiger partial charge in [-0.15, -0.1) is 0 Å². The van der Waals surface area contributed by atoms with Crippen molar-refractivity contribution in [1.82, 2.24) is 0 Å². The summed E-state index contributed by atoms with van der Waals surface area (Å²) in [6.07, 6.45) is 0. The summed E-state index contributed by atoms with van der Waals surface area (Å²) in [5.41, 5.74) is -0.311. The molecule has 0 unspecified atom stereocenters. The molecule has 0 saturated heterocycles. The molecular formula is C16H14F4. The molecule has 2 aromatic carbocycles. The first-order valence-corrected chi connectivity index (χ1v) is 6.15. The maximum Gasteiger partial charge on any atom is 0.136 e. The van der Waals surface area contributed by atoms with Gasteiger partial charge in [-0.05, 0) is 23.1 Å². The Morgan fingerprint density at radius 3 is 1.80 bits per heavy atom. The minimum absolute atomic E-state index is 0.201. The summed E-state index contributed by atoms with van der Waals surface area (Å²) in [4.78, 5) is 0. The van der Waals surface area contributed by atoms with Gasteiger partial charge < -0.3 is 0 Å². The first kappa shape index (κ1) is 14.6. The molecule has 106 valence electrons. The van der Waals surface area contributed by atoms with Crippen LogP contribution in [0.25, 0.3) is 11.1 Å². The van der Waals surface area contributed by atoms with Crippen LogP contribution in [-0.2, 0) is 5.41 Å². The van der Waals surface area contributed by atoms with E-state index in [2.05, 4.69) is 0 Å². The standard InChI is InChI=1S/C16H14F4/c1-16(2,3)9-4-5-12(18)11(6-9)15-13(19)7-10(17)8-14(15)20/h4-8H,1-3H3. The third-order valence-corrected chi connectivity index (χ3v) is 3.11. The van der Waals surface area contributed by atoms with Crippen molar-refractivity contribution in [2.24, 2.45) is 0 Å². The van der Waals surface area contributed by atoms with E-state index >= 15 is 0 Å². The lowest BCUT2D eigenvalue weighted by molar-refractivity contribution is 0.544. The van der Waals surface area contributed by atoms with Crippen LogP contribution < -0.4 is 0 Å². The van der Waals surface area contributed by atoms with Crippen LogP contribution in [0.5, 0.6) is 0 Å². The SMILES string of the molecule is CC(C)(C)c1ccc(F)c(-c2c(F)cc(F)cc2F)c1. The molecule has 20 heavy (non-hydrogen) atoms. The summed E-state index contributed by atoms with van der Waals surface area (Å²) < 4.78 is 54.3. The summed E-state index contributed by atoms with van der Waals surface area (Å²) in [6.45, 7) is 5.71. The normalized spacial score (nSPS) is 11.8. The first-order chi connectivity index (χ1) is 9.20. The van der Waals surface area contributed by atoms with Crippen molar-refractivity contribution in [3.05, 3.63) is 59.2 Å². The van der Waals surface area contributed by atoms with E-state index in [-0.39, 0.29) is 11.0 Å². The molecular weight excluding hydrogens is 268 g/mol. The van der Waals surface area contributed by atoms with Gasteiger partial charge in [-0.1, -0.05) is 26.8 Å². The minimum atomic E-state index is -1.12. The number of benzene rings is 2. The lowest BCUT2D eigenvalue weighted by Gasteiger charge is -2.20. The fourth-order valence-corrected chi connectivity index (χ4v) is 1.98. The predicted octanol–water partition coefficient (Wildman–Crippen LogP) is 5.21. The van der Waals surface area contributed by atoms with Gasteiger partial charge in [0.15, 0.2) is 0 Å². The van der Waals surface area contributed by atoms with Gasteiger partial charge in [0.25, 0.3) is 0 Å². The van der Waals surface area contributed by atoms with Gasteiger partial charge in [0.2, 0.25) is 0 Å². The summed E-state index contributed by atoms with van der Waals surface area (Å²) in [5.74, 6) is -4.02. The highest BCUT2D eigenvalue weighted by Crippen LogP contribution is 2.33. The van der Waals surface area contributed by atoms with Gasteiger partial charge >= 0.3 is 0 Å². The van der Waals surface area contributed by atoms with Gasteiger partial charge in [-0.25, -0.2) is 17.6 Å². The molecule has 0 aliphatic carbocycles. The van der Waals surface area contributed by atoms with E-state index in [0.717, 1.165) is 11.6 Å². The average molecular weight is 282 g/mol. The van der Waals surface area contributed by atoms with Crippen LogP contribution in [0.4, 0.5) is 17.6 Å². The molecule has 0 radical (unpaired) electrons. The second-order valence-electron chi connectivity index (χ2n) is 5.69. The van der Waals surface area contributed by atoms with Crippen molar-refractivity contribution >= 4 is 0 Å². The van der Waals surface area contributed by atoms with Gasteiger partial charge in [-0.3, -0.25) is 0 Å². The summed E-state index contributed by atoms with van der Waals surface area (Å²) in [6, 6.07) is 5.22. The van der Waals surface area contributed by atoms with Crippen molar-refractivity contribution in [2.75, 3.05) is 0 Å². The van der Waals surface area contributed by atoms with Crippen LogP contribution in [0.15, 0.2) is 30.3 Å². The molecule has 0 aromatic heterocycles. The van der Waals surface area contributed by atoms with Crippen molar-refractivity contribution in [3.63, 3.8) is 0 Å². The lowest BCUT2D eigenvalue weighted by Crippen LogP contribution is -2.11. The smallest absolute Gasteiger partial charge is 0.136 e. The van der Waals surface area contributed by atoms with E-state index in [4.69, 9.17) is 0 Å². The van der Waals surface area contributed by atoms with Crippen LogP contribution in [-0.4, -0.2) is 0 Å². The molecule has 0 amide bonds. The topological polar surface area (TPSA) is 0 Å². The molecule has 0 heterocycles. The summed E-state index contributed by atoms with van der Waals surface area (Å²) >= 11 is 0. The largest absolute Gasteiger partial charge is 0.207 e. The Labute approximate surface area is 115 Å². The Morgan fingerprint density at radius 1 is 0.750 bits per heavy atom. The number of hydrogen-bond acceptors (Lipinski definition) is 0. The molecule has 0 saturated carbocycles. The Kier molecular flexibility index (Phi) is 3.59. The fraction of sp³-hybridized carbons (Fsp3) is 0.250. The van der Waals surface area contributed by atoms with Crippen LogP contribution in [0, 0.1) is 23.3 Å². The maximum atomic E-state index is 13.9. The van der Waals surface area contributed by atoms with E-state index in [1.807, 2.05) is 20.8 Å². The third kappa shape index (κ3) is 2.69. The lowest BCUT2D eigenvalue weighted by atomic mass is 9.85. The zero-order valence-corrected chi connectivity index (χ0v) is 11.4. The average Bonchev–Trinajstić information content (AvgIpc) is 2.28. The molecule has 0 fully saturated rings. The highest BCUT2D eigenvalue weighted by Gasteiger charge is 2.20. The summed E-state index contributed by atoms with van der Waals surface area (Å²) in [7, 11) is 0. The van der Waals surface area contributed by atoms with Crippen molar-refractivity contribution in [1.29, 1.82) is 0 Å². The molecule has 0 spiro atoms. The molecule has 0 nitrogen and oxygen atoms in total. The highest BCUT2D eigenvalue weighted by atomic mass is 19.1. The molecule has 0 aliphatic rings. The van der Waals surface area contributed by atoms with Gasteiger partial charge in [-0.2, -0.15) is 0 Å². The van der Waals surface area contributed by atoms with E-state index in [1.54, 1.807) is 6.07 Å². The molecule has 2 aromatic rings. The van der Waals surface area contributed by atoms with Crippen LogP contribution >= 0.6 is 0 Å². The second-order valence-corrected chi connectivity index (χ2v) is 5.69. The molecule has 4 heteroatoms. The Balaban J connectivity index is 2.70. The zero-order chi connectivity index (χ0) is 15.1. The highest BCUT2D eigenvalue weighted by molar-refractivity contribution is 5.66. The van der Waals surface area contributed by atoms with Gasteiger partial charge in [0.1, 0.15) is 23.3 Å². The van der Waals surface area contributed by atoms with Crippen LogP contribution in [0.3, 0.4) is 0 Å². The first-order valence-electron chi connectivity index (χ1n) is 6.15. The monoisotopic (exact) mass is 282 g/mol. The second kappa shape index (κ2) is 4.93. The van der Waals surface area contributed by atoms with Crippen LogP contribution in [0.2, 0.25) is 0 Å². The quantitative estimate of drug-likeness (QED) is 0.630. The van der Waals surface area contributed by atoms with E-state index in [0.29, 0.717) is 12.1 Å². The van der Waals surface area contributed by atoms with E-state index in [9.17, 15) is 17.6 Å². The van der Waals surface area contributed by atoms with Crippen LogP contribution in [0.1, 0.15) is 26.3 Å². The minimum Gasteiger partial charge on any atom is -0.207 e.